The van der Waals surface area contributed by atoms with Crippen molar-refractivity contribution in [3.63, 3.8) is 0 Å². The number of rotatable bonds is 3. The van der Waals surface area contributed by atoms with Gasteiger partial charge in [0.25, 0.3) is 0 Å². The van der Waals surface area contributed by atoms with Crippen molar-refractivity contribution < 1.29 is 18.0 Å². The van der Waals surface area contributed by atoms with Crippen molar-refractivity contribution in [2.45, 2.75) is 0 Å². The van der Waals surface area contributed by atoms with E-state index in [0.717, 1.165) is 49.9 Å². The number of nitrogens with zero attached hydrogens (tertiary/aromatic N) is 6. The van der Waals surface area contributed by atoms with Crippen LogP contribution < -0.4 is 15.1 Å². The highest BCUT2D eigenvalue weighted by Gasteiger charge is 2.24. The Bertz CT molecular complexity index is 927. The van der Waals surface area contributed by atoms with Crippen LogP contribution in [0.2, 0.25) is 0 Å². The Morgan fingerprint density at radius 3 is 1.90 bits per heavy atom. The Balaban J connectivity index is 1.31. The van der Waals surface area contributed by atoms with Gasteiger partial charge in [-0.25, -0.2) is 18.0 Å². The molecule has 3 heterocycles. The molecule has 2 saturated heterocycles. The number of carbonyl (C=O) groups excluding carboxylic acids is 1. The van der Waals surface area contributed by atoms with E-state index < -0.39 is 29.2 Å². The number of hydrogen-bond donors (Lipinski definition) is 1. The molecule has 0 radical (unpaired) electrons. The van der Waals surface area contributed by atoms with Crippen LogP contribution in [0.4, 0.5) is 35.3 Å². The summed E-state index contributed by atoms with van der Waals surface area (Å²) in [5.41, 5.74) is -0.392. The van der Waals surface area contributed by atoms with Gasteiger partial charge in [0.1, 0.15) is 0 Å². The van der Waals surface area contributed by atoms with E-state index in [0.29, 0.717) is 26.2 Å². The topological polar surface area (TPSA) is 67.8 Å². The quantitative estimate of drug-likeness (QED) is 0.744. The average Bonchev–Trinajstić information content (AvgIpc) is 2.80. The number of nitrogens with one attached hydrogen (secondary N) is 1. The molecule has 1 aromatic carbocycles. The molecule has 0 unspecified atom stereocenters. The molecule has 8 nitrogen and oxygen atoms in total. The fourth-order valence-electron chi connectivity index (χ4n) is 3.65. The minimum Gasteiger partial charge on any atom is -0.353 e. The van der Waals surface area contributed by atoms with Crippen LogP contribution in [-0.2, 0) is 0 Å². The van der Waals surface area contributed by atoms with Crippen LogP contribution in [0.3, 0.4) is 0 Å². The summed E-state index contributed by atoms with van der Waals surface area (Å²) in [6.07, 6.45) is 0. The molecule has 0 spiro atoms. The minimum atomic E-state index is -1.61. The van der Waals surface area contributed by atoms with E-state index in [4.69, 9.17) is 0 Å². The van der Waals surface area contributed by atoms with Gasteiger partial charge in [-0.1, -0.05) is 0 Å². The molecule has 0 saturated carbocycles. The summed E-state index contributed by atoms with van der Waals surface area (Å²) < 4.78 is 40.2. The summed E-state index contributed by atoms with van der Waals surface area (Å²) in [6.45, 7) is 5.60. The monoisotopic (exact) mass is 435 g/mol. The Hall–Kier alpha value is -3.08. The lowest BCUT2D eigenvalue weighted by molar-refractivity contribution is 0.208. The molecule has 166 valence electrons. The van der Waals surface area contributed by atoms with Gasteiger partial charge in [0.2, 0.25) is 0 Å². The van der Waals surface area contributed by atoms with Gasteiger partial charge in [-0.05, 0) is 31.3 Å². The third-order valence-corrected chi connectivity index (χ3v) is 5.63. The molecule has 2 fully saturated rings. The second-order valence-corrected chi connectivity index (χ2v) is 7.67. The fourth-order valence-corrected chi connectivity index (χ4v) is 3.65. The summed E-state index contributed by atoms with van der Waals surface area (Å²) in [5, 5.41) is 11.0. The van der Waals surface area contributed by atoms with Crippen molar-refractivity contribution in [2.24, 2.45) is 0 Å². The lowest BCUT2D eigenvalue weighted by atomic mass is 10.2. The molecule has 0 bridgehead atoms. The molecular weight excluding hydrogens is 411 g/mol. The van der Waals surface area contributed by atoms with Crippen molar-refractivity contribution in [3.05, 3.63) is 41.7 Å². The van der Waals surface area contributed by atoms with E-state index >= 15 is 0 Å². The molecule has 0 atom stereocenters. The first-order valence-electron chi connectivity index (χ1n) is 10.1. The van der Waals surface area contributed by atoms with Gasteiger partial charge in [-0.3, -0.25) is 0 Å². The maximum atomic E-state index is 13.8. The summed E-state index contributed by atoms with van der Waals surface area (Å²) in [4.78, 5) is 20.4. The SMILES string of the molecule is CN1CCN(c2ccc(N3CCN(C(=O)Nc4ccc(F)c(F)c4F)CC3)nn2)CC1. The number of anilines is 3. The molecule has 1 aromatic heterocycles. The summed E-state index contributed by atoms with van der Waals surface area (Å²) in [7, 11) is 2.10. The predicted molar refractivity (Wildman–Crippen MR) is 111 cm³/mol. The van der Waals surface area contributed by atoms with Crippen LogP contribution in [0.15, 0.2) is 24.3 Å². The highest BCUT2D eigenvalue weighted by Crippen LogP contribution is 2.21. The van der Waals surface area contributed by atoms with Gasteiger partial charge >= 0.3 is 6.03 Å². The number of aromatic nitrogens is 2. The number of amides is 2. The predicted octanol–water partition coefficient (Wildman–Crippen LogP) is 2.00. The van der Waals surface area contributed by atoms with E-state index in [1.54, 1.807) is 0 Å². The van der Waals surface area contributed by atoms with Gasteiger partial charge in [0.05, 0.1) is 5.69 Å². The number of likely N-dealkylation sites (N-methyl/N-ethyl adjacent to an activating group) is 1. The van der Waals surface area contributed by atoms with E-state index in [2.05, 4.69) is 32.4 Å². The minimum absolute atomic E-state index is 0.374. The molecule has 2 aromatic rings. The number of carbonyl (C=O) groups is 1. The lowest BCUT2D eigenvalue weighted by Gasteiger charge is -2.35. The maximum absolute atomic E-state index is 13.8. The smallest absolute Gasteiger partial charge is 0.322 e. The van der Waals surface area contributed by atoms with Crippen LogP contribution in [0, 0.1) is 17.5 Å². The van der Waals surface area contributed by atoms with E-state index in [-0.39, 0.29) is 0 Å². The van der Waals surface area contributed by atoms with E-state index in [1.165, 1.54) is 4.90 Å². The Labute approximate surface area is 178 Å². The lowest BCUT2D eigenvalue weighted by Crippen LogP contribution is -2.50. The highest BCUT2D eigenvalue weighted by molar-refractivity contribution is 5.89. The largest absolute Gasteiger partial charge is 0.353 e. The number of halogens is 3. The molecule has 0 aliphatic carbocycles. The Kier molecular flexibility index (Phi) is 6.12. The van der Waals surface area contributed by atoms with Gasteiger partial charge in [0.15, 0.2) is 29.1 Å². The van der Waals surface area contributed by atoms with Crippen LogP contribution in [-0.4, -0.2) is 85.4 Å². The molecule has 4 rings (SSSR count). The zero-order valence-electron chi connectivity index (χ0n) is 17.2. The standard InChI is InChI=1S/C20H24F3N7O/c1-27-6-8-28(9-7-27)16-4-5-17(26-25-16)29-10-12-30(13-11-29)20(31)24-15-3-2-14(21)18(22)19(15)23/h2-5H,6-13H2,1H3,(H,24,31). The maximum Gasteiger partial charge on any atom is 0.322 e. The van der Waals surface area contributed by atoms with Crippen LogP contribution in [0.1, 0.15) is 0 Å². The van der Waals surface area contributed by atoms with Crippen LogP contribution >= 0.6 is 0 Å². The summed E-state index contributed by atoms with van der Waals surface area (Å²) in [5.74, 6) is -2.75. The van der Waals surface area contributed by atoms with Crippen molar-refractivity contribution in [3.8, 4) is 0 Å². The highest BCUT2D eigenvalue weighted by atomic mass is 19.2. The zero-order chi connectivity index (χ0) is 22.0. The second-order valence-electron chi connectivity index (χ2n) is 7.67. The molecule has 31 heavy (non-hydrogen) atoms. The zero-order valence-corrected chi connectivity index (χ0v) is 17.2. The first-order chi connectivity index (χ1) is 14.9. The van der Waals surface area contributed by atoms with Crippen molar-refractivity contribution in [1.29, 1.82) is 0 Å². The molecule has 1 N–H and O–H groups in total. The van der Waals surface area contributed by atoms with Crippen LogP contribution in [0.25, 0.3) is 0 Å². The van der Waals surface area contributed by atoms with Gasteiger partial charge in [-0.2, -0.15) is 0 Å². The number of benzene rings is 1. The normalized spacial score (nSPS) is 17.7. The summed E-state index contributed by atoms with van der Waals surface area (Å²) >= 11 is 0. The number of urea groups is 1. The molecule has 2 amide bonds. The number of piperazine rings is 2. The second kappa shape index (κ2) is 8.96. The Morgan fingerprint density at radius 1 is 0.806 bits per heavy atom. The first-order valence-corrected chi connectivity index (χ1v) is 10.1. The van der Waals surface area contributed by atoms with Gasteiger partial charge in [-0.15, -0.1) is 10.2 Å². The fraction of sp³-hybridized carbons (Fsp3) is 0.450. The van der Waals surface area contributed by atoms with E-state index in [1.807, 2.05) is 17.0 Å². The molecule has 2 aliphatic heterocycles. The van der Waals surface area contributed by atoms with Crippen molar-refractivity contribution in [2.75, 3.05) is 74.5 Å². The Morgan fingerprint density at radius 2 is 1.35 bits per heavy atom. The van der Waals surface area contributed by atoms with Crippen molar-refractivity contribution >= 4 is 23.4 Å². The molecular formula is C20H24F3N7O. The average molecular weight is 435 g/mol. The third-order valence-electron chi connectivity index (χ3n) is 5.63. The summed E-state index contributed by atoms with van der Waals surface area (Å²) in [6, 6.07) is 5.09. The van der Waals surface area contributed by atoms with Crippen LogP contribution in [0.5, 0.6) is 0 Å². The first kappa shape index (κ1) is 21.2. The molecule has 2 aliphatic rings. The number of hydrogen-bond acceptors (Lipinski definition) is 6. The van der Waals surface area contributed by atoms with E-state index in [9.17, 15) is 18.0 Å². The van der Waals surface area contributed by atoms with Crippen molar-refractivity contribution in [1.82, 2.24) is 20.0 Å². The molecule has 11 heteroatoms. The van der Waals surface area contributed by atoms with Gasteiger partial charge < -0.3 is 24.9 Å². The van der Waals surface area contributed by atoms with Gasteiger partial charge in [0, 0.05) is 52.4 Å². The third kappa shape index (κ3) is 4.66.